The number of hydrogen-bond donors (Lipinski definition) is 2. The highest BCUT2D eigenvalue weighted by Crippen LogP contribution is 2.56. The van der Waals surface area contributed by atoms with Gasteiger partial charge in [-0.15, -0.1) is 0 Å². The molecule has 0 aromatic heterocycles. The van der Waals surface area contributed by atoms with Crippen LogP contribution in [-0.2, 0) is 0 Å². The van der Waals surface area contributed by atoms with Crippen LogP contribution in [0.1, 0.15) is 82.1 Å². The van der Waals surface area contributed by atoms with E-state index in [4.69, 9.17) is 14.2 Å². The lowest BCUT2D eigenvalue weighted by Gasteiger charge is -2.63. The first-order chi connectivity index (χ1) is 18.5. The molecule has 2 aromatic carbocycles. The molecule has 0 unspecified atom stereocenters. The number of ether oxygens (including phenoxy) is 3. The van der Waals surface area contributed by atoms with Crippen LogP contribution in [0.15, 0.2) is 42.5 Å². The van der Waals surface area contributed by atoms with Crippen molar-refractivity contribution in [1.82, 2.24) is 5.32 Å². The molecule has 0 saturated heterocycles. The number of carbonyl (C=O) groups is 1. The standard InChI is InChI=1S/C32H40N2O5/c1-30(2)28(31(3,4)29(30)39-24-11-8-21(19-33)26(16-24)37-5)34-27(36)20-6-9-23(10-7-20)38-25-17-32(18-25)14-12-22(35)13-15-32/h6-11,16,22,25,28-29,35H,12-15,17-18H2,1-5H3,(H,34,36). The van der Waals surface area contributed by atoms with Gasteiger partial charge in [-0.05, 0) is 80.3 Å². The van der Waals surface area contributed by atoms with Crippen LogP contribution < -0.4 is 19.5 Å². The second-order valence-electron chi connectivity index (χ2n) is 12.9. The van der Waals surface area contributed by atoms with Crippen LogP contribution in [0.5, 0.6) is 17.2 Å². The quantitative estimate of drug-likeness (QED) is 0.479. The predicted molar refractivity (Wildman–Crippen MR) is 148 cm³/mol. The zero-order valence-electron chi connectivity index (χ0n) is 23.6. The molecule has 208 valence electrons. The van der Waals surface area contributed by atoms with Crippen LogP contribution in [-0.4, -0.2) is 42.5 Å². The number of nitriles is 1. The average molecular weight is 533 g/mol. The molecule has 3 fully saturated rings. The van der Waals surface area contributed by atoms with Crippen LogP contribution in [0.4, 0.5) is 0 Å². The van der Waals surface area contributed by atoms with E-state index in [0.29, 0.717) is 28.0 Å². The first-order valence-electron chi connectivity index (χ1n) is 14.0. The number of nitrogens with zero attached hydrogens (tertiary/aromatic N) is 1. The van der Waals surface area contributed by atoms with Crippen LogP contribution >= 0.6 is 0 Å². The van der Waals surface area contributed by atoms with E-state index in [1.807, 2.05) is 24.3 Å². The van der Waals surface area contributed by atoms with Crippen molar-refractivity contribution in [3.05, 3.63) is 53.6 Å². The minimum absolute atomic E-state index is 0.0983. The molecule has 3 saturated carbocycles. The Bertz CT molecular complexity index is 1230. The van der Waals surface area contributed by atoms with E-state index in [1.165, 1.54) is 7.11 Å². The molecule has 0 atom stereocenters. The molecule has 2 aromatic rings. The summed E-state index contributed by atoms with van der Waals surface area (Å²) >= 11 is 0. The number of hydrogen-bond acceptors (Lipinski definition) is 6. The van der Waals surface area contributed by atoms with E-state index in [0.717, 1.165) is 44.3 Å². The van der Waals surface area contributed by atoms with Gasteiger partial charge in [-0.25, -0.2) is 0 Å². The van der Waals surface area contributed by atoms with Gasteiger partial charge in [0.15, 0.2) is 0 Å². The van der Waals surface area contributed by atoms with Crippen molar-refractivity contribution in [2.75, 3.05) is 7.11 Å². The highest BCUT2D eigenvalue weighted by molar-refractivity contribution is 5.94. The van der Waals surface area contributed by atoms with Gasteiger partial charge in [0.25, 0.3) is 5.91 Å². The maximum absolute atomic E-state index is 13.2. The summed E-state index contributed by atoms with van der Waals surface area (Å²) < 4.78 is 17.9. The summed E-state index contributed by atoms with van der Waals surface area (Å²) in [6.07, 6.45) is 6.02. The number of methoxy groups -OCH3 is 1. The summed E-state index contributed by atoms with van der Waals surface area (Å²) in [4.78, 5) is 13.2. The van der Waals surface area contributed by atoms with E-state index in [9.17, 15) is 15.2 Å². The smallest absolute Gasteiger partial charge is 0.251 e. The minimum Gasteiger partial charge on any atom is -0.495 e. The Hall–Kier alpha value is -3.24. The Balaban J connectivity index is 1.17. The number of benzene rings is 2. The molecular weight excluding hydrogens is 492 g/mol. The number of aliphatic hydroxyl groups is 1. The average Bonchev–Trinajstić information content (AvgIpc) is 2.90. The third kappa shape index (κ3) is 5.07. The lowest BCUT2D eigenvalue weighted by molar-refractivity contribution is -0.164. The largest absolute Gasteiger partial charge is 0.495 e. The lowest BCUT2D eigenvalue weighted by atomic mass is 9.49. The lowest BCUT2D eigenvalue weighted by Crippen LogP contribution is -2.74. The molecular formula is C32H40N2O5. The summed E-state index contributed by atoms with van der Waals surface area (Å²) in [6.45, 7) is 8.41. The highest BCUT2D eigenvalue weighted by Gasteiger charge is 2.64. The number of nitrogens with one attached hydrogen (secondary N) is 1. The normalized spacial score (nSPS) is 30.3. The van der Waals surface area contributed by atoms with Gasteiger partial charge in [-0.1, -0.05) is 27.7 Å². The van der Waals surface area contributed by atoms with E-state index >= 15 is 0 Å². The number of aliphatic hydroxyl groups excluding tert-OH is 1. The first-order valence-corrected chi connectivity index (χ1v) is 14.0. The maximum atomic E-state index is 13.2. The van der Waals surface area contributed by atoms with Gasteiger partial charge in [-0.3, -0.25) is 4.79 Å². The summed E-state index contributed by atoms with van der Waals surface area (Å²) in [5.41, 5.74) is 0.776. The van der Waals surface area contributed by atoms with Gasteiger partial charge < -0.3 is 24.6 Å². The van der Waals surface area contributed by atoms with Crippen molar-refractivity contribution < 1.29 is 24.1 Å². The van der Waals surface area contributed by atoms with Crippen molar-refractivity contribution in [3.8, 4) is 23.3 Å². The third-order valence-corrected chi connectivity index (χ3v) is 9.42. The minimum atomic E-state index is -0.321. The highest BCUT2D eigenvalue weighted by atomic mass is 16.5. The van der Waals surface area contributed by atoms with Gasteiger partial charge in [0, 0.05) is 28.5 Å². The number of rotatable bonds is 7. The maximum Gasteiger partial charge on any atom is 0.251 e. The van der Waals surface area contributed by atoms with Gasteiger partial charge in [0.05, 0.1) is 24.9 Å². The Kier molecular flexibility index (Phi) is 7.05. The van der Waals surface area contributed by atoms with Crippen molar-refractivity contribution in [3.63, 3.8) is 0 Å². The zero-order valence-corrected chi connectivity index (χ0v) is 23.6. The van der Waals surface area contributed by atoms with Gasteiger partial charge >= 0.3 is 0 Å². The molecule has 7 nitrogen and oxygen atoms in total. The van der Waals surface area contributed by atoms with Crippen LogP contribution in [0.25, 0.3) is 0 Å². The van der Waals surface area contributed by atoms with Crippen molar-refractivity contribution >= 4 is 5.91 Å². The fourth-order valence-corrected chi connectivity index (χ4v) is 7.48. The third-order valence-electron chi connectivity index (χ3n) is 9.42. The van der Waals surface area contributed by atoms with Crippen molar-refractivity contribution in [2.24, 2.45) is 16.2 Å². The molecule has 0 bridgehead atoms. The Morgan fingerprint density at radius 2 is 1.59 bits per heavy atom. The second kappa shape index (κ2) is 10.1. The summed E-state index contributed by atoms with van der Waals surface area (Å²) in [5, 5.41) is 22.3. The second-order valence-corrected chi connectivity index (χ2v) is 12.9. The molecule has 5 rings (SSSR count). The van der Waals surface area contributed by atoms with E-state index in [-0.39, 0.29) is 41.1 Å². The van der Waals surface area contributed by atoms with Crippen LogP contribution in [0.2, 0.25) is 0 Å². The fraction of sp³-hybridized carbons (Fsp3) is 0.562. The summed E-state index contributed by atoms with van der Waals surface area (Å²) in [5.74, 6) is 1.79. The molecule has 0 radical (unpaired) electrons. The first kappa shape index (κ1) is 27.3. The molecule has 1 amide bonds. The number of amides is 1. The van der Waals surface area contributed by atoms with Crippen LogP contribution in [0.3, 0.4) is 0 Å². The molecule has 2 N–H and O–H groups in total. The molecule has 3 aliphatic rings. The fourth-order valence-electron chi connectivity index (χ4n) is 7.48. The molecule has 0 heterocycles. The van der Waals surface area contributed by atoms with Crippen molar-refractivity contribution in [1.29, 1.82) is 5.26 Å². The molecule has 7 heteroatoms. The van der Waals surface area contributed by atoms with Gasteiger partial charge in [-0.2, -0.15) is 5.26 Å². The van der Waals surface area contributed by atoms with Crippen LogP contribution in [0, 0.1) is 27.6 Å². The molecule has 1 spiro atoms. The topological polar surface area (TPSA) is 101 Å². The van der Waals surface area contributed by atoms with E-state index < -0.39 is 0 Å². The summed E-state index contributed by atoms with van der Waals surface area (Å²) in [7, 11) is 1.54. The molecule has 39 heavy (non-hydrogen) atoms. The number of carbonyl (C=O) groups excluding carboxylic acids is 1. The van der Waals surface area contributed by atoms with E-state index in [2.05, 4.69) is 39.1 Å². The molecule has 0 aliphatic heterocycles. The zero-order chi connectivity index (χ0) is 28.0. The Labute approximate surface area is 231 Å². The summed E-state index contributed by atoms with van der Waals surface area (Å²) in [6, 6.07) is 14.7. The molecule has 3 aliphatic carbocycles. The monoisotopic (exact) mass is 532 g/mol. The van der Waals surface area contributed by atoms with E-state index in [1.54, 1.807) is 18.2 Å². The Morgan fingerprint density at radius 3 is 2.18 bits per heavy atom. The Morgan fingerprint density at radius 1 is 0.974 bits per heavy atom. The van der Waals surface area contributed by atoms with Crippen molar-refractivity contribution in [2.45, 2.75) is 90.6 Å². The van der Waals surface area contributed by atoms with Gasteiger partial charge in [0.1, 0.15) is 29.4 Å². The predicted octanol–water partition coefficient (Wildman–Crippen LogP) is 5.64. The van der Waals surface area contributed by atoms with Gasteiger partial charge in [0.2, 0.25) is 0 Å². The SMILES string of the molecule is COc1cc(OC2C(C)(C)C(NC(=O)c3ccc(OC4CC5(CCC(O)CC5)C4)cc3)C2(C)C)ccc1C#N.